The highest BCUT2D eigenvalue weighted by Gasteiger charge is 2.16. The monoisotopic (exact) mass is 268 g/mol. The normalized spacial score (nSPS) is 12.3. The smallest absolute Gasteiger partial charge is 0.160 e. The number of hydrogen-bond acceptors (Lipinski definition) is 3. The van der Waals surface area contributed by atoms with Crippen LogP contribution in [0.3, 0.4) is 0 Å². The topological polar surface area (TPSA) is 56.2 Å². The summed E-state index contributed by atoms with van der Waals surface area (Å²) in [5.74, 6) is 0.888. The third kappa shape index (κ3) is 2.35. The number of nitrogens with two attached hydrogens (primary N) is 1. The van der Waals surface area contributed by atoms with Gasteiger partial charge in [-0.05, 0) is 41.9 Å². The Kier molecular flexibility index (Phi) is 2.52. The molecule has 0 saturated carbocycles. The van der Waals surface area contributed by atoms with E-state index < -0.39 is 0 Å². The molecule has 0 atom stereocenters. The van der Waals surface area contributed by atoms with Crippen LogP contribution < -0.4 is 5.73 Å². The molecule has 2 aromatic rings. The molecule has 2 aromatic heterocycles. The standard InChI is InChI=1S/C10H13BrN4/c1-10(2,12)5-9-14-13-8-4-3-7(11)6-15(8)9/h3-4,6H,5,12H2,1-2H3. The van der Waals surface area contributed by atoms with Crippen molar-refractivity contribution in [2.45, 2.75) is 25.8 Å². The molecule has 2 heterocycles. The SMILES string of the molecule is CC(C)(N)Cc1nnc2ccc(Br)cn12. The van der Waals surface area contributed by atoms with E-state index in [0.717, 1.165) is 15.9 Å². The average molecular weight is 269 g/mol. The minimum Gasteiger partial charge on any atom is -0.325 e. The Hall–Kier alpha value is -0.940. The second-order valence-electron chi connectivity index (χ2n) is 4.36. The molecule has 0 fully saturated rings. The summed E-state index contributed by atoms with van der Waals surface area (Å²) < 4.78 is 2.96. The van der Waals surface area contributed by atoms with Crippen molar-refractivity contribution >= 4 is 21.6 Å². The Balaban J connectivity index is 2.48. The van der Waals surface area contributed by atoms with Gasteiger partial charge in [0.15, 0.2) is 5.65 Å². The Morgan fingerprint density at radius 1 is 1.40 bits per heavy atom. The molecule has 4 nitrogen and oxygen atoms in total. The number of nitrogens with zero attached hydrogens (tertiary/aromatic N) is 3. The summed E-state index contributed by atoms with van der Waals surface area (Å²) in [5.41, 5.74) is 6.54. The van der Waals surface area contributed by atoms with Gasteiger partial charge in [-0.25, -0.2) is 0 Å². The fraction of sp³-hybridized carbons (Fsp3) is 0.400. The van der Waals surface area contributed by atoms with Crippen LogP contribution in [0, 0.1) is 0 Å². The maximum Gasteiger partial charge on any atom is 0.160 e. The summed E-state index contributed by atoms with van der Waals surface area (Å²) in [7, 11) is 0. The van der Waals surface area contributed by atoms with Crippen LogP contribution >= 0.6 is 15.9 Å². The van der Waals surface area contributed by atoms with Crippen LogP contribution in [0.1, 0.15) is 19.7 Å². The molecular weight excluding hydrogens is 256 g/mol. The van der Waals surface area contributed by atoms with Gasteiger partial charge in [-0.3, -0.25) is 4.40 Å². The zero-order valence-corrected chi connectivity index (χ0v) is 10.3. The second-order valence-corrected chi connectivity index (χ2v) is 5.27. The van der Waals surface area contributed by atoms with Crippen LogP contribution in [0.4, 0.5) is 0 Å². The first kappa shape index (κ1) is 10.6. The van der Waals surface area contributed by atoms with Gasteiger partial charge in [0.25, 0.3) is 0 Å². The molecule has 0 unspecified atom stereocenters. The molecule has 0 saturated heterocycles. The summed E-state index contributed by atoms with van der Waals surface area (Å²) in [4.78, 5) is 0. The average Bonchev–Trinajstić information content (AvgIpc) is 2.46. The second kappa shape index (κ2) is 3.57. The number of pyridine rings is 1. The number of fused-ring (bicyclic) bond motifs is 1. The van der Waals surface area contributed by atoms with E-state index in [0.29, 0.717) is 6.42 Å². The third-order valence-electron chi connectivity index (χ3n) is 2.05. The summed E-state index contributed by atoms with van der Waals surface area (Å²) in [6, 6.07) is 3.87. The van der Waals surface area contributed by atoms with Gasteiger partial charge in [-0.2, -0.15) is 0 Å². The Bertz CT molecular complexity index is 484. The lowest BCUT2D eigenvalue weighted by Gasteiger charge is -2.16. The Morgan fingerprint density at radius 2 is 2.13 bits per heavy atom. The molecule has 0 spiro atoms. The largest absolute Gasteiger partial charge is 0.325 e. The molecule has 0 aromatic carbocycles. The minimum atomic E-state index is -0.273. The van der Waals surface area contributed by atoms with E-state index in [2.05, 4.69) is 26.1 Å². The van der Waals surface area contributed by atoms with E-state index in [1.54, 1.807) is 0 Å². The molecule has 2 rings (SSSR count). The number of hydrogen-bond donors (Lipinski definition) is 1. The molecule has 15 heavy (non-hydrogen) atoms. The maximum atomic E-state index is 5.96. The van der Waals surface area contributed by atoms with Crippen LogP contribution in [0.25, 0.3) is 5.65 Å². The molecule has 0 amide bonds. The van der Waals surface area contributed by atoms with Crippen molar-refractivity contribution < 1.29 is 0 Å². The molecule has 5 heteroatoms. The number of rotatable bonds is 2. The number of aromatic nitrogens is 3. The molecule has 80 valence electrons. The molecule has 0 aliphatic rings. The Labute approximate surface area is 96.6 Å². The van der Waals surface area contributed by atoms with Crippen molar-refractivity contribution in [3.8, 4) is 0 Å². The first-order valence-electron chi connectivity index (χ1n) is 4.74. The van der Waals surface area contributed by atoms with E-state index in [1.165, 1.54) is 0 Å². The van der Waals surface area contributed by atoms with Gasteiger partial charge in [0, 0.05) is 22.6 Å². The zero-order valence-electron chi connectivity index (χ0n) is 8.74. The summed E-state index contributed by atoms with van der Waals surface area (Å²) in [5, 5.41) is 8.21. The van der Waals surface area contributed by atoms with Crippen molar-refractivity contribution in [2.75, 3.05) is 0 Å². The quantitative estimate of drug-likeness (QED) is 0.904. The Morgan fingerprint density at radius 3 is 2.80 bits per heavy atom. The summed E-state index contributed by atoms with van der Waals surface area (Å²) in [6.07, 6.45) is 2.65. The van der Waals surface area contributed by atoms with Gasteiger partial charge in [0.2, 0.25) is 0 Å². The highest BCUT2D eigenvalue weighted by Crippen LogP contribution is 2.14. The molecule has 2 N–H and O–H groups in total. The van der Waals surface area contributed by atoms with E-state index in [9.17, 15) is 0 Å². The van der Waals surface area contributed by atoms with Gasteiger partial charge in [0.1, 0.15) is 5.82 Å². The first-order chi connectivity index (χ1) is 6.96. The number of halogens is 1. The van der Waals surface area contributed by atoms with E-state index in [4.69, 9.17) is 5.73 Å². The summed E-state index contributed by atoms with van der Waals surface area (Å²) >= 11 is 3.42. The van der Waals surface area contributed by atoms with Crippen molar-refractivity contribution in [3.05, 3.63) is 28.6 Å². The van der Waals surface area contributed by atoms with E-state index >= 15 is 0 Å². The molecular formula is C10H13BrN4. The molecule has 0 radical (unpaired) electrons. The van der Waals surface area contributed by atoms with Gasteiger partial charge in [-0.1, -0.05) is 0 Å². The third-order valence-corrected chi connectivity index (χ3v) is 2.52. The zero-order chi connectivity index (χ0) is 11.1. The van der Waals surface area contributed by atoms with Crippen molar-refractivity contribution in [1.82, 2.24) is 14.6 Å². The van der Waals surface area contributed by atoms with Crippen LogP contribution in [-0.2, 0) is 6.42 Å². The summed E-state index contributed by atoms with van der Waals surface area (Å²) in [6.45, 7) is 3.96. The van der Waals surface area contributed by atoms with Gasteiger partial charge in [0.05, 0.1) is 0 Å². The highest BCUT2D eigenvalue weighted by atomic mass is 79.9. The van der Waals surface area contributed by atoms with Crippen molar-refractivity contribution in [2.24, 2.45) is 5.73 Å². The van der Waals surface area contributed by atoms with Gasteiger partial charge in [-0.15, -0.1) is 10.2 Å². The molecule has 0 aliphatic heterocycles. The highest BCUT2D eigenvalue weighted by molar-refractivity contribution is 9.10. The van der Waals surface area contributed by atoms with Crippen LogP contribution in [0.2, 0.25) is 0 Å². The fourth-order valence-corrected chi connectivity index (χ4v) is 1.78. The van der Waals surface area contributed by atoms with Crippen molar-refractivity contribution in [1.29, 1.82) is 0 Å². The van der Waals surface area contributed by atoms with Crippen LogP contribution in [0.15, 0.2) is 22.8 Å². The maximum absolute atomic E-state index is 5.96. The fourth-order valence-electron chi connectivity index (χ4n) is 1.44. The first-order valence-corrected chi connectivity index (χ1v) is 5.53. The van der Waals surface area contributed by atoms with E-state index in [-0.39, 0.29) is 5.54 Å². The molecule has 0 bridgehead atoms. The molecule has 0 aliphatic carbocycles. The van der Waals surface area contributed by atoms with Crippen LogP contribution in [-0.4, -0.2) is 20.1 Å². The van der Waals surface area contributed by atoms with Crippen molar-refractivity contribution in [3.63, 3.8) is 0 Å². The predicted molar refractivity (Wildman–Crippen MR) is 62.7 cm³/mol. The lowest BCUT2D eigenvalue weighted by molar-refractivity contribution is 0.500. The lowest BCUT2D eigenvalue weighted by atomic mass is 10.0. The van der Waals surface area contributed by atoms with Crippen LogP contribution in [0.5, 0.6) is 0 Å². The van der Waals surface area contributed by atoms with E-state index in [1.807, 2.05) is 36.6 Å². The predicted octanol–water partition coefficient (Wildman–Crippen LogP) is 1.77. The lowest BCUT2D eigenvalue weighted by Crippen LogP contribution is -2.35. The van der Waals surface area contributed by atoms with Gasteiger partial charge >= 0.3 is 0 Å². The minimum absolute atomic E-state index is 0.273. The van der Waals surface area contributed by atoms with Gasteiger partial charge < -0.3 is 5.73 Å².